The van der Waals surface area contributed by atoms with Gasteiger partial charge < -0.3 is 16.1 Å². The van der Waals surface area contributed by atoms with Crippen LogP contribution in [0.5, 0.6) is 0 Å². The lowest BCUT2D eigenvalue weighted by atomic mass is 10.1. The molecule has 2 atom stereocenters. The topological polar surface area (TPSA) is 81.8 Å². The van der Waals surface area contributed by atoms with E-state index >= 15 is 0 Å². The fraction of sp³-hybridized carbons (Fsp3) is 0.400. The van der Waals surface area contributed by atoms with Gasteiger partial charge in [0.25, 0.3) is 0 Å². The number of hydroxylamine groups is 3. The van der Waals surface area contributed by atoms with Crippen LogP contribution in [0.3, 0.4) is 0 Å². The summed E-state index contributed by atoms with van der Waals surface area (Å²) >= 11 is 0. The number of nitrogens with one attached hydrogen (secondary N) is 1. The SMILES string of the molecule is CC(c1ccc(C(N)NO)cc1)N(C)O. The third kappa shape index (κ3) is 2.98. The summed E-state index contributed by atoms with van der Waals surface area (Å²) in [4.78, 5) is 0. The normalized spacial score (nSPS) is 15.3. The Morgan fingerprint density at radius 3 is 2.13 bits per heavy atom. The van der Waals surface area contributed by atoms with Crippen LogP contribution in [0.4, 0.5) is 0 Å². The number of hydrogen-bond donors (Lipinski definition) is 4. The smallest absolute Gasteiger partial charge is 0.104 e. The quantitative estimate of drug-likeness (QED) is 0.441. The van der Waals surface area contributed by atoms with E-state index in [1.54, 1.807) is 7.05 Å². The van der Waals surface area contributed by atoms with Crippen LogP contribution in [0.1, 0.15) is 30.3 Å². The van der Waals surface area contributed by atoms with E-state index in [1.807, 2.05) is 36.7 Å². The highest BCUT2D eigenvalue weighted by atomic mass is 16.5. The van der Waals surface area contributed by atoms with Gasteiger partial charge in [0.1, 0.15) is 6.17 Å². The van der Waals surface area contributed by atoms with Gasteiger partial charge in [-0.15, -0.1) is 0 Å². The molecule has 1 aromatic rings. The maximum atomic E-state index is 9.26. The van der Waals surface area contributed by atoms with E-state index in [-0.39, 0.29) is 6.04 Å². The number of nitrogens with zero attached hydrogens (tertiary/aromatic N) is 1. The van der Waals surface area contributed by atoms with Gasteiger partial charge in [-0.1, -0.05) is 24.3 Å². The Labute approximate surface area is 89.0 Å². The summed E-state index contributed by atoms with van der Waals surface area (Å²) in [5.41, 5.74) is 9.30. The third-order valence-corrected chi connectivity index (χ3v) is 2.48. The van der Waals surface area contributed by atoms with E-state index in [4.69, 9.17) is 10.9 Å². The minimum Gasteiger partial charge on any atom is -0.315 e. The van der Waals surface area contributed by atoms with E-state index in [2.05, 4.69) is 0 Å². The molecule has 1 aromatic carbocycles. The van der Waals surface area contributed by atoms with Crippen molar-refractivity contribution >= 4 is 0 Å². The predicted molar refractivity (Wildman–Crippen MR) is 56.3 cm³/mol. The second kappa shape index (κ2) is 5.20. The maximum absolute atomic E-state index is 9.26. The second-order valence-electron chi connectivity index (χ2n) is 3.52. The second-order valence-corrected chi connectivity index (χ2v) is 3.52. The minimum absolute atomic E-state index is 0.0719. The summed E-state index contributed by atoms with van der Waals surface area (Å²) in [6.45, 7) is 1.89. The molecular weight excluding hydrogens is 194 g/mol. The first-order valence-electron chi connectivity index (χ1n) is 4.73. The van der Waals surface area contributed by atoms with Gasteiger partial charge >= 0.3 is 0 Å². The van der Waals surface area contributed by atoms with Crippen molar-refractivity contribution < 1.29 is 10.4 Å². The zero-order valence-electron chi connectivity index (χ0n) is 8.88. The van der Waals surface area contributed by atoms with Gasteiger partial charge in [0, 0.05) is 7.05 Å². The van der Waals surface area contributed by atoms with Crippen molar-refractivity contribution in [1.29, 1.82) is 0 Å². The molecule has 1 rings (SSSR count). The van der Waals surface area contributed by atoms with Crippen molar-refractivity contribution in [3.8, 4) is 0 Å². The van der Waals surface area contributed by atoms with Gasteiger partial charge in [-0.2, -0.15) is 10.5 Å². The molecule has 0 radical (unpaired) electrons. The standard InChI is InChI=1S/C10H17N3O2/c1-7(13(2)15)8-3-5-9(6-4-8)10(11)12-14/h3-7,10,12,14-15H,11H2,1-2H3. The van der Waals surface area contributed by atoms with Crippen LogP contribution in [-0.2, 0) is 0 Å². The van der Waals surface area contributed by atoms with E-state index in [0.717, 1.165) is 16.2 Å². The Hall–Kier alpha value is -0.980. The Kier molecular flexibility index (Phi) is 4.19. The highest BCUT2D eigenvalue weighted by Gasteiger charge is 2.10. The Bertz CT molecular complexity index is 300. The molecular formula is C10H17N3O2. The fourth-order valence-electron chi connectivity index (χ4n) is 1.27. The molecule has 0 heterocycles. The van der Waals surface area contributed by atoms with Crippen LogP contribution in [-0.4, -0.2) is 22.5 Å². The molecule has 0 aliphatic carbocycles. The average molecular weight is 211 g/mol. The summed E-state index contributed by atoms with van der Waals surface area (Å²) in [6.07, 6.45) is -0.582. The largest absolute Gasteiger partial charge is 0.315 e. The molecule has 0 aliphatic heterocycles. The number of nitrogens with two attached hydrogens (primary N) is 1. The van der Waals surface area contributed by atoms with Crippen LogP contribution in [0, 0.1) is 0 Å². The first-order valence-corrected chi connectivity index (χ1v) is 4.73. The molecule has 84 valence electrons. The molecule has 0 amide bonds. The van der Waals surface area contributed by atoms with Gasteiger partial charge in [-0.05, 0) is 18.1 Å². The lowest BCUT2D eigenvalue weighted by Gasteiger charge is -2.19. The third-order valence-electron chi connectivity index (χ3n) is 2.48. The molecule has 0 aromatic heterocycles. The predicted octanol–water partition coefficient (Wildman–Crippen LogP) is 1.00. The van der Waals surface area contributed by atoms with Crippen molar-refractivity contribution in [3.05, 3.63) is 35.4 Å². The van der Waals surface area contributed by atoms with Crippen molar-refractivity contribution in [1.82, 2.24) is 10.5 Å². The van der Waals surface area contributed by atoms with Crippen LogP contribution in [0.15, 0.2) is 24.3 Å². The number of hydrogen-bond acceptors (Lipinski definition) is 5. The summed E-state index contributed by atoms with van der Waals surface area (Å²) < 4.78 is 0. The summed E-state index contributed by atoms with van der Waals surface area (Å²) in [7, 11) is 1.60. The summed E-state index contributed by atoms with van der Waals surface area (Å²) in [5, 5.41) is 19.0. The lowest BCUT2D eigenvalue weighted by Crippen LogP contribution is -2.25. The summed E-state index contributed by atoms with van der Waals surface area (Å²) in [5.74, 6) is 0. The van der Waals surface area contributed by atoms with Crippen LogP contribution in [0.25, 0.3) is 0 Å². The minimum atomic E-state index is -0.582. The van der Waals surface area contributed by atoms with Crippen LogP contribution < -0.4 is 11.2 Å². The Balaban J connectivity index is 2.80. The first-order chi connectivity index (χ1) is 7.06. The molecule has 0 fully saturated rings. The van der Waals surface area contributed by atoms with E-state index in [0.29, 0.717) is 0 Å². The van der Waals surface area contributed by atoms with Crippen molar-refractivity contribution in [3.63, 3.8) is 0 Å². The molecule has 5 N–H and O–H groups in total. The van der Waals surface area contributed by atoms with Crippen molar-refractivity contribution in [2.24, 2.45) is 5.73 Å². The number of rotatable bonds is 4. The molecule has 5 nitrogen and oxygen atoms in total. The highest BCUT2D eigenvalue weighted by molar-refractivity contribution is 5.26. The zero-order chi connectivity index (χ0) is 11.4. The molecule has 0 aliphatic rings. The van der Waals surface area contributed by atoms with Crippen molar-refractivity contribution in [2.45, 2.75) is 19.1 Å². The van der Waals surface area contributed by atoms with Crippen LogP contribution >= 0.6 is 0 Å². The fourth-order valence-corrected chi connectivity index (χ4v) is 1.27. The molecule has 15 heavy (non-hydrogen) atoms. The Morgan fingerprint density at radius 2 is 1.73 bits per heavy atom. The Morgan fingerprint density at radius 1 is 1.27 bits per heavy atom. The van der Waals surface area contributed by atoms with Crippen molar-refractivity contribution in [2.75, 3.05) is 7.05 Å². The van der Waals surface area contributed by atoms with Crippen LogP contribution in [0.2, 0.25) is 0 Å². The zero-order valence-corrected chi connectivity index (χ0v) is 8.88. The van der Waals surface area contributed by atoms with E-state index < -0.39 is 6.17 Å². The highest BCUT2D eigenvalue weighted by Crippen LogP contribution is 2.18. The molecule has 0 bridgehead atoms. The van der Waals surface area contributed by atoms with E-state index in [9.17, 15) is 5.21 Å². The molecule has 0 spiro atoms. The van der Waals surface area contributed by atoms with Gasteiger partial charge in [0.15, 0.2) is 0 Å². The van der Waals surface area contributed by atoms with Gasteiger partial charge in [-0.3, -0.25) is 0 Å². The molecule has 5 heteroatoms. The maximum Gasteiger partial charge on any atom is 0.104 e. The van der Waals surface area contributed by atoms with Gasteiger partial charge in [0.05, 0.1) is 6.04 Å². The number of benzene rings is 1. The van der Waals surface area contributed by atoms with Gasteiger partial charge in [0.2, 0.25) is 0 Å². The average Bonchev–Trinajstić information content (AvgIpc) is 2.27. The summed E-state index contributed by atoms with van der Waals surface area (Å²) in [6, 6.07) is 7.28. The first kappa shape index (κ1) is 12.1. The molecule has 2 unspecified atom stereocenters. The lowest BCUT2D eigenvalue weighted by molar-refractivity contribution is -0.0984. The molecule has 0 saturated heterocycles. The monoisotopic (exact) mass is 211 g/mol. The van der Waals surface area contributed by atoms with E-state index in [1.165, 1.54) is 0 Å². The van der Waals surface area contributed by atoms with Gasteiger partial charge in [-0.25, -0.2) is 0 Å². The molecule has 0 saturated carbocycles.